The van der Waals surface area contributed by atoms with Crippen LogP contribution in [0.1, 0.15) is 13.8 Å². The van der Waals surface area contributed by atoms with Gasteiger partial charge in [0, 0.05) is 11.6 Å². The number of carbonyl (C=O) groups excluding carboxylic acids is 1. The highest BCUT2D eigenvalue weighted by Crippen LogP contribution is 2.25. The fourth-order valence-corrected chi connectivity index (χ4v) is 2.34. The molecule has 3 aromatic rings. The Hall–Kier alpha value is -2.88. The largest absolute Gasteiger partial charge is 0.492 e. The van der Waals surface area contributed by atoms with Gasteiger partial charge in [0.2, 0.25) is 5.91 Å². The average Bonchev–Trinajstić information content (AvgIpc) is 2.61. The predicted molar refractivity (Wildman–Crippen MR) is 96.1 cm³/mol. The molecule has 4 heteroatoms. The first-order valence-electron chi connectivity index (χ1n) is 7.89. The molecule has 1 N–H and O–H groups in total. The lowest BCUT2D eigenvalue weighted by molar-refractivity contribution is -0.125. The molecule has 0 saturated heterocycles. The van der Waals surface area contributed by atoms with Crippen molar-refractivity contribution in [2.75, 3.05) is 11.9 Å². The Bertz CT molecular complexity index is 839. The van der Waals surface area contributed by atoms with Gasteiger partial charge in [-0.15, -0.1) is 0 Å². The van der Waals surface area contributed by atoms with Crippen LogP contribution in [-0.4, -0.2) is 17.5 Å². The first-order valence-corrected chi connectivity index (χ1v) is 7.89. The minimum absolute atomic E-state index is 0.100. The van der Waals surface area contributed by atoms with Crippen LogP contribution in [0.2, 0.25) is 0 Å². The van der Waals surface area contributed by atoms with Gasteiger partial charge in [-0.3, -0.25) is 9.78 Å². The Kier molecular flexibility index (Phi) is 4.47. The van der Waals surface area contributed by atoms with Crippen LogP contribution in [0, 0.1) is 5.41 Å². The number of pyridine rings is 1. The van der Waals surface area contributed by atoms with Crippen LogP contribution in [-0.2, 0) is 4.79 Å². The summed E-state index contributed by atoms with van der Waals surface area (Å²) in [6.45, 7) is 4.02. The first kappa shape index (κ1) is 16.0. The Labute approximate surface area is 141 Å². The molecule has 2 aromatic carbocycles. The Morgan fingerprint density at radius 1 is 1.04 bits per heavy atom. The van der Waals surface area contributed by atoms with E-state index in [-0.39, 0.29) is 5.91 Å². The number of nitrogens with one attached hydrogen (secondary N) is 1. The summed E-state index contributed by atoms with van der Waals surface area (Å²) >= 11 is 0. The van der Waals surface area contributed by atoms with Crippen molar-refractivity contribution in [2.45, 2.75) is 13.8 Å². The van der Waals surface area contributed by atoms with E-state index in [2.05, 4.69) is 10.3 Å². The number of amides is 1. The van der Waals surface area contributed by atoms with Crippen molar-refractivity contribution in [3.8, 4) is 5.75 Å². The van der Waals surface area contributed by atoms with Gasteiger partial charge in [-0.25, -0.2) is 0 Å². The molecule has 0 saturated carbocycles. The highest BCUT2D eigenvalue weighted by molar-refractivity contribution is 6.02. The highest BCUT2D eigenvalue weighted by Gasteiger charge is 2.29. The van der Waals surface area contributed by atoms with E-state index in [1.165, 1.54) is 0 Å². The molecule has 0 aliphatic rings. The molecule has 0 unspecified atom stereocenters. The fourth-order valence-electron chi connectivity index (χ4n) is 2.34. The molecule has 0 spiro atoms. The van der Waals surface area contributed by atoms with Gasteiger partial charge < -0.3 is 10.1 Å². The SMILES string of the molecule is CC(C)(COc1ccccc1)C(=O)Nc1cccc2cccnc12. The van der Waals surface area contributed by atoms with E-state index < -0.39 is 5.41 Å². The van der Waals surface area contributed by atoms with Gasteiger partial charge in [-0.2, -0.15) is 0 Å². The van der Waals surface area contributed by atoms with E-state index in [9.17, 15) is 4.79 Å². The second-order valence-corrected chi connectivity index (χ2v) is 6.32. The molecule has 1 heterocycles. The molecule has 0 bridgehead atoms. The summed E-state index contributed by atoms with van der Waals surface area (Å²) in [4.78, 5) is 17.0. The number of para-hydroxylation sites is 2. The summed E-state index contributed by atoms with van der Waals surface area (Å²) in [6, 6.07) is 19.1. The van der Waals surface area contributed by atoms with E-state index in [0.717, 1.165) is 16.7 Å². The number of carbonyl (C=O) groups is 1. The molecule has 122 valence electrons. The highest BCUT2D eigenvalue weighted by atomic mass is 16.5. The van der Waals surface area contributed by atoms with Crippen molar-refractivity contribution in [3.05, 3.63) is 66.9 Å². The third-order valence-electron chi connectivity index (χ3n) is 3.84. The minimum atomic E-state index is -0.674. The molecule has 4 nitrogen and oxygen atoms in total. The lowest BCUT2D eigenvalue weighted by Gasteiger charge is -2.24. The molecule has 3 rings (SSSR count). The molecule has 0 aliphatic carbocycles. The van der Waals surface area contributed by atoms with Crippen molar-refractivity contribution < 1.29 is 9.53 Å². The Balaban J connectivity index is 1.73. The Morgan fingerprint density at radius 2 is 1.79 bits per heavy atom. The molecule has 0 aliphatic heterocycles. The number of hydrogen-bond donors (Lipinski definition) is 1. The number of aromatic nitrogens is 1. The summed E-state index contributed by atoms with van der Waals surface area (Å²) in [6.07, 6.45) is 1.72. The van der Waals surface area contributed by atoms with E-state index in [1.54, 1.807) is 6.20 Å². The second kappa shape index (κ2) is 6.71. The predicted octanol–water partition coefficient (Wildman–Crippen LogP) is 4.28. The van der Waals surface area contributed by atoms with Crippen LogP contribution in [0.3, 0.4) is 0 Å². The molecule has 0 radical (unpaired) electrons. The van der Waals surface area contributed by atoms with Crippen molar-refractivity contribution >= 4 is 22.5 Å². The van der Waals surface area contributed by atoms with Crippen LogP contribution in [0.25, 0.3) is 10.9 Å². The number of hydrogen-bond acceptors (Lipinski definition) is 3. The lowest BCUT2D eigenvalue weighted by atomic mass is 9.93. The van der Waals surface area contributed by atoms with Gasteiger partial charge in [0.1, 0.15) is 12.4 Å². The van der Waals surface area contributed by atoms with Crippen LogP contribution >= 0.6 is 0 Å². The fraction of sp³-hybridized carbons (Fsp3) is 0.200. The third kappa shape index (κ3) is 3.54. The molecule has 1 aromatic heterocycles. The number of fused-ring (bicyclic) bond motifs is 1. The van der Waals surface area contributed by atoms with Crippen LogP contribution < -0.4 is 10.1 Å². The summed E-state index contributed by atoms with van der Waals surface area (Å²) in [5, 5.41) is 3.97. The van der Waals surface area contributed by atoms with Crippen LogP contribution in [0.15, 0.2) is 66.9 Å². The van der Waals surface area contributed by atoms with Gasteiger partial charge in [-0.1, -0.05) is 36.4 Å². The zero-order valence-corrected chi connectivity index (χ0v) is 13.8. The van der Waals surface area contributed by atoms with Gasteiger partial charge >= 0.3 is 0 Å². The smallest absolute Gasteiger partial charge is 0.233 e. The quantitative estimate of drug-likeness (QED) is 0.763. The topological polar surface area (TPSA) is 51.2 Å². The van der Waals surface area contributed by atoms with Gasteiger partial charge in [0.25, 0.3) is 0 Å². The maximum atomic E-state index is 12.7. The standard InChI is InChI=1S/C20H20N2O2/c1-20(2,14-24-16-10-4-3-5-11-16)19(23)22-17-12-6-8-15-9-7-13-21-18(15)17/h3-13H,14H2,1-2H3,(H,22,23). The monoisotopic (exact) mass is 320 g/mol. The zero-order valence-electron chi connectivity index (χ0n) is 13.8. The normalized spacial score (nSPS) is 11.2. The molecule has 0 atom stereocenters. The van der Waals surface area contributed by atoms with Crippen molar-refractivity contribution in [1.82, 2.24) is 4.98 Å². The van der Waals surface area contributed by atoms with Crippen LogP contribution in [0.5, 0.6) is 5.75 Å². The molecule has 24 heavy (non-hydrogen) atoms. The van der Waals surface area contributed by atoms with Crippen LogP contribution in [0.4, 0.5) is 5.69 Å². The van der Waals surface area contributed by atoms with E-state index in [4.69, 9.17) is 4.74 Å². The molecular formula is C20H20N2O2. The van der Waals surface area contributed by atoms with E-state index >= 15 is 0 Å². The van der Waals surface area contributed by atoms with Gasteiger partial charge in [-0.05, 0) is 38.1 Å². The maximum Gasteiger partial charge on any atom is 0.233 e. The van der Waals surface area contributed by atoms with Gasteiger partial charge in [0.15, 0.2) is 0 Å². The second-order valence-electron chi connectivity index (χ2n) is 6.32. The van der Waals surface area contributed by atoms with E-state index in [0.29, 0.717) is 12.3 Å². The summed E-state index contributed by atoms with van der Waals surface area (Å²) < 4.78 is 5.74. The number of rotatable bonds is 5. The minimum Gasteiger partial charge on any atom is -0.492 e. The number of ether oxygens (including phenoxy) is 1. The summed E-state index contributed by atoms with van der Waals surface area (Å²) in [5.41, 5.74) is 0.825. The van der Waals surface area contributed by atoms with Crippen molar-refractivity contribution in [2.24, 2.45) is 5.41 Å². The molecular weight excluding hydrogens is 300 g/mol. The molecule has 1 amide bonds. The first-order chi connectivity index (χ1) is 11.6. The van der Waals surface area contributed by atoms with Crippen molar-refractivity contribution in [1.29, 1.82) is 0 Å². The maximum absolute atomic E-state index is 12.7. The summed E-state index contributed by atoms with van der Waals surface area (Å²) in [7, 11) is 0. The number of nitrogens with zero attached hydrogens (tertiary/aromatic N) is 1. The number of anilines is 1. The Morgan fingerprint density at radius 3 is 2.58 bits per heavy atom. The van der Waals surface area contributed by atoms with E-state index in [1.807, 2.05) is 74.5 Å². The summed E-state index contributed by atoms with van der Waals surface area (Å²) in [5.74, 6) is 0.654. The number of benzene rings is 2. The average molecular weight is 320 g/mol. The lowest BCUT2D eigenvalue weighted by Crippen LogP contribution is -2.36. The molecule has 0 fully saturated rings. The third-order valence-corrected chi connectivity index (χ3v) is 3.84. The zero-order chi connectivity index (χ0) is 17.0. The van der Waals surface area contributed by atoms with Gasteiger partial charge in [0.05, 0.1) is 16.6 Å². The van der Waals surface area contributed by atoms with Crippen molar-refractivity contribution in [3.63, 3.8) is 0 Å².